The van der Waals surface area contributed by atoms with Gasteiger partial charge in [-0.15, -0.1) is 0 Å². The molecule has 0 aliphatic carbocycles. The van der Waals surface area contributed by atoms with E-state index in [0.717, 1.165) is 6.54 Å². The number of benzene rings is 1. The number of rotatable bonds is 9. The number of carbonyl (C=O) groups is 1. The van der Waals surface area contributed by atoms with Crippen molar-refractivity contribution in [3.05, 3.63) is 22.7 Å². The number of hydrogen-bond donors (Lipinski definition) is 3. The molecular formula is C17H28ClN3O3. The molecule has 0 fully saturated rings. The van der Waals surface area contributed by atoms with E-state index in [2.05, 4.69) is 31.0 Å². The first-order valence-electron chi connectivity index (χ1n) is 8.04. The van der Waals surface area contributed by atoms with Gasteiger partial charge in [0.15, 0.2) is 0 Å². The Morgan fingerprint density at radius 3 is 2.67 bits per heavy atom. The van der Waals surface area contributed by atoms with E-state index < -0.39 is 0 Å². The van der Waals surface area contributed by atoms with Crippen molar-refractivity contribution in [1.82, 2.24) is 10.2 Å². The lowest BCUT2D eigenvalue weighted by Gasteiger charge is -2.37. The molecule has 0 unspecified atom stereocenters. The summed E-state index contributed by atoms with van der Waals surface area (Å²) < 4.78 is 5.20. The predicted octanol–water partition coefficient (Wildman–Crippen LogP) is 2.14. The van der Waals surface area contributed by atoms with Crippen molar-refractivity contribution in [2.45, 2.75) is 32.7 Å². The van der Waals surface area contributed by atoms with Gasteiger partial charge in [-0.2, -0.15) is 0 Å². The Bertz CT molecular complexity index is 564. The highest BCUT2D eigenvalue weighted by Crippen LogP contribution is 2.28. The molecule has 136 valence electrons. The molecule has 0 aliphatic rings. The second-order valence-electron chi connectivity index (χ2n) is 6.20. The monoisotopic (exact) mass is 357 g/mol. The van der Waals surface area contributed by atoms with Crippen LogP contribution in [-0.2, 0) is 0 Å². The molecule has 0 heterocycles. The van der Waals surface area contributed by atoms with Crippen LogP contribution in [0.3, 0.4) is 0 Å². The number of nitrogens with two attached hydrogens (primary N) is 1. The molecule has 7 heteroatoms. The second kappa shape index (κ2) is 9.11. The van der Waals surface area contributed by atoms with Crippen LogP contribution in [-0.4, -0.2) is 54.8 Å². The van der Waals surface area contributed by atoms with Gasteiger partial charge in [0.2, 0.25) is 0 Å². The van der Waals surface area contributed by atoms with E-state index in [1.165, 1.54) is 13.2 Å². The summed E-state index contributed by atoms with van der Waals surface area (Å²) >= 11 is 6.00. The van der Waals surface area contributed by atoms with Crippen molar-refractivity contribution < 1.29 is 14.6 Å². The zero-order chi connectivity index (χ0) is 18.3. The Morgan fingerprint density at radius 2 is 2.12 bits per heavy atom. The van der Waals surface area contributed by atoms with Crippen LogP contribution < -0.4 is 15.8 Å². The van der Waals surface area contributed by atoms with E-state index >= 15 is 0 Å². The third-order valence-corrected chi connectivity index (χ3v) is 4.52. The summed E-state index contributed by atoms with van der Waals surface area (Å²) in [6, 6.07) is 3.05. The zero-order valence-electron chi connectivity index (χ0n) is 14.9. The number of anilines is 1. The average Bonchev–Trinajstić information content (AvgIpc) is 2.53. The fourth-order valence-corrected chi connectivity index (χ4v) is 2.80. The summed E-state index contributed by atoms with van der Waals surface area (Å²) in [4.78, 5) is 14.6. The molecule has 0 saturated carbocycles. The van der Waals surface area contributed by atoms with Gasteiger partial charge < -0.3 is 20.9 Å². The summed E-state index contributed by atoms with van der Waals surface area (Å²) in [5.41, 5.74) is 6.32. The molecule has 0 radical (unpaired) electrons. The normalized spacial score (nSPS) is 11.6. The Balaban J connectivity index is 2.71. The lowest BCUT2D eigenvalue weighted by Crippen LogP contribution is -2.47. The quantitative estimate of drug-likeness (QED) is 0.589. The number of halogens is 1. The Labute approximate surface area is 148 Å². The fraction of sp³-hybridized carbons (Fsp3) is 0.588. The highest BCUT2D eigenvalue weighted by Gasteiger charge is 2.24. The number of methoxy groups -OCH3 is 1. The minimum Gasteiger partial charge on any atom is -0.496 e. The second-order valence-corrected chi connectivity index (χ2v) is 6.60. The maximum atomic E-state index is 12.4. The average molecular weight is 358 g/mol. The molecule has 1 aromatic rings. The molecule has 1 rings (SSSR count). The molecule has 0 spiro atoms. The lowest BCUT2D eigenvalue weighted by molar-refractivity contribution is 0.0860. The summed E-state index contributed by atoms with van der Waals surface area (Å²) in [6.45, 7) is 8.35. The van der Waals surface area contributed by atoms with Gasteiger partial charge in [-0.1, -0.05) is 18.5 Å². The van der Waals surface area contributed by atoms with E-state index in [4.69, 9.17) is 22.1 Å². The van der Waals surface area contributed by atoms with Crippen LogP contribution in [0.1, 0.15) is 37.6 Å². The van der Waals surface area contributed by atoms with Gasteiger partial charge in [0.05, 0.1) is 23.4 Å². The van der Waals surface area contributed by atoms with Gasteiger partial charge in [-0.3, -0.25) is 9.69 Å². The third kappa shape index (κ3) is 5.26. The van der Waals surface area contributed by atoms with E-state index in [1.54, 1.807) is 6.07 Å². The Morgan fingerprint density at radius 1 is 1.46 bits per heavy atom. The van der Waals surface area contributed by atoms with Crippen molar-refractivity contribution in [2.24, 2.45) is 0 Å². The molecule has 0 bridgehead atoms. The molecular weight excluding hydrogens is 330 g/mol. The van der Waals surface area contributed by atoms with Crippen LogP contribution in [0.15, 0.2) is 12.1 Å². The highest BCUT2D eigenvalue weighted by atomic mass is 35.5. The molecule has 1 amide bonds. The minimum absolute atomic E-state index is 0.129. The summed E-state index contributed by atoms with van der Waals surface area (Å²) in [5.74, 6) is 0.132. The third-order valence-electron chi connectivity index (χ3n) is 4.19. The van der Waals surface area contributed by atoms with Crippen LogP contribution in [0, 0.1) is 0 Å². The number of likely N-dealkylation sites (N-methyl/N-ethyl adjacent to an activating group) is 1. The molecule has 24 heavy (non-hydrogen) atoms. The summed E-state index contributed by atoms with van der Waals surface area (Å²) in [7, 11) is 1.48. The minimum atomic E-state index is -0.259. The van der Waals surface area contributed by atoms with E-state index in [1.807, 2.05) is 0 Å². The summed E-state index contributed by atoms with van der Waals surface area (Å²) in [6.07, 6.45) is 0.677. The number of carbonyl (C=O) groups excluding carboxylic acids is 1. The van der Waals surface area contributed by atoms with Gasteiger partial charge in [0.1, 0.15) is 5.75 Å². The van der Waals surface area contributed by atoms with Crippen molar-refractivity contribution in [1.29, 1.82) is 0 Å². The van der Waals surface area contributed by atoms with E-state index in [9.17, 15) is 9.90 Å². The Hall–Kier alpha value is -1.50. The van der Waals surface area contributed by atoms with Crippen LogP contribution in [0.5, 0.6) is 5.75 Å². The SMILES string of the molecule is CCN(CCNC(=O)c1cc(Cl)c(N)cc1OC)C(C)(C)CCO. The topological polar surface area (TPSA) is 87.8 Å². The smallest absolute Gasteiger partial charge is 0.255 e. The van der Waals surface area contributed by atoms with Crippen molar-refractivity contribution in [2.75, 3.05) is 39.1 Å². The largest absolute Gasteiger partial charge is 0.496 e. The molecule has 0 atom stereocenters. The van der Waals surface area contributed by atoms with E-state index in [0.29, 0.717) is 41.5 Å². The molecule has 1 aromatic carbocycles. The van der Waals surface area contributed by atoms with Gasteiger partial charge in [0.25, 0.3) is 5.91 Å². The molecule has 0 aliphatic heterocycles. The number of aliphatic hydroxyl groups excluding tert-OH is 1. The molecule has 0 aromatic heterocycles. The number of nitrogens with zero attached hydrogens (tertiary/aromatic N) is 1. The first-order valence-corrected chi connectivity index (χ1v) is 8.41. The maximum absolute atomic E-state index is 12.4. The fourth-order valence-electron chi connectivity index (χ4n) is 2.64. The zero-order valence-corrected chi connectivity index (χ0v) is 15.6. The number of nitrogens with one attached hydrogen (secondary N) is 1. The number of aliphatic hydroxyl groups is 1. The van der Waals surface area contributed by atoms with E-state index in [-0.39, 0.29) is 18.1 Å². The lowest BCUT2D eigenvalue weighted by atomic mass is 9.98. The number of nitrogen functional groups attached to an aromatic ring is 1. The standard InChI is InChI=1S/C17H28ClN3O3/c1-5-21(17(2,3)6-9-22)8-7-20-16(23)12-10-13(18)14(19)11-15(12)24-4/h10-11,22H,5-9,19H2,1-4H3,(H,20,23). The summed E-state index contributed by atoms with van der Waals surface area (Å²) in [5, 5.41) is 12.4. The number of ether oxygens (including phenoxy) is 1. The van der Waals surface area contributed by atoms with Crippen molar-refractivity contribution in [3.8, 4) is 5.75 Å². The predicted molar refractivity (Wildman–Crippen MR) is 97.8 cm³/mol. The van der Waals surface area contributed by atoms with Crippen LogP contribution in [0.25, 0.3) is 0 Å². The molecule has 0 saturated heterocycles. The van der Waals surface area contributed by atoms with Gasteiger partial charge >= 0.3 is 0 Å². The van der Waals surface area contributed by atoms with Crippen molar-refractivity contribution >= 4 is 23.2 Å². The van der Waals surface area contributed by atoms with Crippen LogP contribution >= 0.6 is 11.6 Å². The van der Waals surface area contributed by atoms with Crippen molar-refractivity contribution in [3.63, 3.8) is 0 Å². The first kappa shape index (κ1) is 20.5. The van der Waals surface area contributed by atoms with Gasteiger partial charge in [0, 0.05) is 31.3 Å². The maximum Gasteiger partial charge on any atom is 0.255 e. The molecule has 4 N–H and O–H groups in total. The number of amides is 1. The highest BCUT2D eigenvalue weighted by molar-refractivity contribution is 6.33. The molecule has 6 nitrogen and oxygen atoms in total. The van der Waals surface area contributed by atoms with Crippen LogP contribution in [0.2, 0.25) is 5.02 Å². The number of hydrogen-bond acceptors (Lipinski definition) is 5. The van der Waals surface area contributed by atoms with Gasteiger partial charge in [-0.25, -0.2) is 0 Å². The Kier molecular flexibility index (Phi) is 7.79. The first-order chi connectivity index (χ1) is 11.3. The van der Waals surface area contributed by atoms with Gasteiger partial charge in [-0.05, 0) is 32.9 Å². The van der Waals surface area contributed by atoms with Crippen LogP contribution in [0.4, 0.5) is 5.69 Å².